The van der Waals surface area contributed by atoms with Gasteiger partial charge in [0.15, 0.2) is 6.23 Å². The van der Waals surface area contributed by atoms with Gasteiger partial charge in [0.2, 0.25) is 5.78 Å². The van der Waals surface area contributed by atoms with Crippen molar-refractivity contribution < 1.29 is 14.3 Å². The van der Waals surface area contributed by atoms with Crippen LogP contribution in [0.15, 0.2) is 18.2 Å². The van der Waals surface area contributed by atoms with Gasteiger partial charge in [0.25, 0.3) is 0 Å². The van der Waals surface area contributed by atoms with Gasteiger partial charge >= 0.3 is 0 Å². The summed E-state index contributed by atoms with van der Waals surface area (Å²) in [7, 11) is 0. The van der Waals surface area contributed by atoms with Crippen LogP contribution in [0.1, 0.15) is 24.2 Å². The van der Waals surface area contributed by atoms with E-state index in [0.29, 0.717) is 29.5 Å². The SMILES string of the molecule is CCOc1ccc(Cl)cc1C(=O)C(N)OCC. The van der Waals surface area contributed by atoms with Crippen molar-refractivity contribution in [1.82, 2.24) is 0 Å². The molecule has 0 aliphatic rings. The van der Waals surface area contributed by atoms with Crippen molar-refractivity contribution in [2.45, 2.75) is 20.1 Å². The van der Waals surface area contributed by atoms with Gasteiger partial charge in [-0.25, -0.2) is 0 Å². The van der Waals surface area contributed by atoms with Gasteiger partial charge in [-0.15, -0.1) is 0 Å². The first-order valence-corrected chi connectivity index (χ1v) is 5.81. The number of rotatable bonds is 6. The predicted octanol–water partition coefficient (Wildman–Crippen LogP) is 2.24. The quantitative estimate of drug-likeness (QED) is 0.627. The van der Waals surface area contributed by atoms with Crippen LogP contribution in [0.25, 0.3) is 0 Å². The molecular formula is C12H16ClNO3. The molecule has 94 valence electrons. The Morgan fingerprint density at radius 3 is 2.71 bits per heavy atom. The zero-order chi connectivity index (χ0) is 12.8. The third-order valence-electron chi connectivity index (χ3n) is 2.11. The molecule has 5 heteroatoms. The van der Waals surface area contributed by atoms with Crippen LogP contribution in [0.2, 0.25) is 5.02 Å². The maximum absolute atomic E-state index is 12.0. The summed E-state index contributed by atoms with van der Waals surface area (Å²) in [5.41, 5.74) is 5.95. The fourth-order valence-corrected chi connectivity index (χ4v) is 1.56. The van der Waals surface area contributed by atoms with Crippen molar-refractivity contribution in [3.8, 4) is 5.75 Å². The van der Waals surface area contributed by atoms with E-state index in [0.717, 1.165) is 0 Å². The van der Waals surface area contributed by atoms with Crippen LogP contribution in [0, 0.1) is 0 Å². The maximum Gasteiger partial charge on any atom is 0.209 e. The molecule has 1 atom stereocenters. The molecule has 0 aliphatic heterocycles. The second-order valence-electron chi connectivity index (χ2n) is 3.31. The monoisotopic (exact) mass is 257 g/mol. The smallest absolute Gasteiger partial charge is 0.209 e. The number of Topliss-reactive ketones (excluding diaryl/α,β-unsaturated/α-hetero) is 1. The standard InChI is InChI=1S/C12H16ClNO3/c1-3-16-10-6-5-8(13)7-9(10)11(15)12(14)17-4-2/h5-7,12H,3-4,14H2,1-2H3. The first-order valence-electron chi connectivity index (χ1n) is 5.43. The molecular weight excluding hydrogens is 242 g/mol. The van der Waals surface area contributed by atoms with E-state index in [1.54, 1.807) is 19.1 Å². The first-order chi connectivity index (χ1) is 8.10. The van der Waals surface area contributed by atoms with Crippen molar-refractivity contribution in [3.63, 3.8) is 0 Å². The van der Waals surface area contributed by atoms with E-state index < -0.39 is 6.23 Å². The van der Waals surface area contributed by atoms with Crippen LogP contribution in [0.4, 0.5) is 0 Å². The highest BCUT2D eigenvalue weighted by atomic mass is 35.5. The Labute approximate surface area is 106 Å². The zero-order valence-corrected chi connectivity index (χ0v) is 10.7. The van der Waals surface area contributed by atoms with Crippen LogP contribution in [-0.2, 0) is 4.74 Å². The summed E-state index contributed by atoms with van der Waals surface area (Å²) in [5, 5.41) is 0.459. The Balaban J connectivity index is 3.01. The molecule has 1 unspecified atom stereocenters. The number of ether oxygens (including phenoxy) is 2. The average molecular weight is 258 g/mol. The number of carbonyl (C=O) groups excluding carboxylic acids is 1. The molecule has 0 amide bonds. The molecule has 0 bridgehead atoms. The zero-order valence-electron chi connectivity index (χ0n) is 9.90. The minimum Gasteiger partial charge on any atom is -0.493 e. The molecule has 0 saturated carbocycles. The van der Waals surface area contributed by atoms with Gasteiger partial charge < -0.3 is 9.47 Å². The number of hydrogen-bond acceptors (Lipinski definition) is 4. The Morgan fingerprint density at radius 2 is 2.12 bits per heavy atom. The summed E-state index contributed by atoms with van der Waals surface area (Å²) in [6.45, 7) is 4.45. The van der Waals surface area contributed by atoms with E-state index >= 15 is 0 Å². The summed E-state index contributed by atoms with van der Waals surface area (Å²) < 4.78 is 10.4. The number of carbonyl (C=O) groups is 1. The van der Waals surface area contributed by atoms with Crippen LogP contribution < -0.4 is 10.5 Å². The fraction of sp³-hybridized carbons (Fsp3) is 0.417. The topological polar surface area (TPSA) is 61.5 Å². The molecule has 1 aromatic rings. The van der Waals surface area contributed by atoms with Crippen LogP contribution >= 0.6 is 11.6 Å². The van der Waals surface area contributed by atoms with Gasteiger partial charge in [0.05, 0.1) is 12.2 Å². The summed E-state index contributed by atoms with van der Waals surface area (Å²) in [6, 6.07) is 4.85. The van der Waals surface area contributed by atoms with E-state index in [-0.39, 0.29) is 5.78 Å². The van der Waals surface area contributed by atoms with Gasteiger partial charge in [-0.3, -0.25) is 10.5 Å². The van der Waals surface area contributed by atoms with Gasteiger partial charge in [-0.05, 0) is 32.0 Å². The Hall–Kier alpha value is -1.10. The number of benzene rings is 1. The van der Waals surface area contributed by atoms with Crippen molar-refractivity contribution in [2.24, 2.45) is 5.73 Å². The Kier molecular flexibility index (Phi) is 5.41. The van der Waals surface area contributed by atoms with Gasteiger partial charge in [-0.1, -0.05) is 11.6 Å². The van der Waals surface area contributed by atoms with Crippen molar-refractivity contribution in [3.05, 3.63) is 28.8 Å². The highest BCUT2D eigenvalue weighted by Gasteiger charge is 2.20. The molecule has 0 aliphatic carbocycles. The Morgan fingerprint density at radius 1 is 1.41 bits per heavy atom. The van der Waals surface area contributed by atoms with Crippen LogP contribution in [0.3, 0.4) is 0 Å². The van der Waals surface area contributed by atoms with Crippen molar-refractivity contribution >= 4 is 17.4 Å². The second kappa shape index (κ2) is 6.59. The minimum atomic E-state index is -0.988. The average Bonchev–Trinajstić information content (AvgIpc) is 2.31. The fourth-order valence-electron chi connectivity index (χ4n) is 1.38. The molecule has 0 spiro atoms. The molecule has 1 rings (SSSR count). The first kappa shape index (κ1) is 14.0. The third-order valence-corrected chi connectivity index (χ3v) is 2.35. The highest BCUT2D eigenvalue weighted by molar-refractivity contribution is 6.31. The summed E-state index contributed by atoms with van der Waals surface area (Å²) >= 11 is 5.85. The minimum absolute atomic E-state index is 0.335. The van der Waals surface area contributed by atoms with E-state index in [4.69, 9.17) is 26.8 Å². The van der Waals surface area contributed by atoms with E-state index in [9.17, 15) is 4.79 Å². The lowest BCUT2D eigenvalue weighted by molar-refractivity contribution is 0.0476. The second-order valence-corrected chi connectivity index (χ2v) is 3.75. The highest BCUT2D eigenvalue weighted by Crippen LogP contribution is 2.24. The lowest BCUT2D eigenvalue weighted by Gasteiger charge is -2.14. The summed E-state index contributed by atoms with van der Waals surface area (Å²) in [6.07, 6.45) is -0.988. The normalized spacial score (nSPS) is 12.2. The summed E-state index contributed by atoms with van der Waals surface area (Å²) in [4.78, 5) is 12.0. The summed E-state index contributed by atoms with van der Waals surface area (Å²) in [5.74, 6) is 0.134. The number of nitrogens with two attached hydrogens (primary N) is 1. The molecule has 17 heavy (non-hydrogen) atoms. The van der Waals surface area contributed by atoms with E-state index in [2.05, 4.69) is 0 Å². The maximum atomic E-state index is 12.0. The molecule has 4 nitrogen and oxygen atoms in total. The van der Waals surface area contributed by atoms with Crippen molar-refractivity contribution in [1.29, 1.82) is 0 Å². The lowest BCUT2D eigenvalue weighted by atomic mass is 10.1. The lowest BCUT2D eigenvalue weighted by Crippen LogP contribution is -2.33. The molecule has 1 aromatic carbocycles. The molecule has 0 saturated heterocycles. The number of hydrogen-bond donors (Lipinski definition) is 1. The van der Waals surface area contributed by atoms with Gasteiger partial charge in [0.1, 0.15) is 5.75 Å². The largest absolute Gasteiger partial charge is 0.493 e. The molecule has 0 radical (unpaired) electrons. The molecule has 0 aromatic heterocycles. The number of ketones is 1. The van der Waals surface area contributed by atoms with E-state index in [1.807, 2.05) is 6.92 Å². The third kappa shape index (κ3) is 3.70. The van der Waals surface area contributed by atoms with Crippen LogP contribution in [-0.4, -0.2) is 25.2 Å². The number of halogens is 1. The van der Waals surface area contributed by atoms with Crippen LogP contribution in [0.5, 0.6) is 5.75 Å². The molecule has 0 fully saturated rings. The molecule has 0 heterocycles. The van der Waals surface area contributed by atoms with Gasteiger partial charge in [-0.2, -0.15) is 0 Å². The van der Waals surface area contributed by atoms with E-state index in [1.165, 1.54) is 6.07 Å². The Bertz CT molecular complexity index is 395. The predicted molar refractivity (Wildman–Crippen MR) is 66.6 cm³/mol. The molecule has 2 N–H and O–H groups in total. The van der Waals surface area contributed by atoms with Crippen molar-refractivity contribution in [2.75, 3.05) is 13.2 Å². The van der Waals surface area contributed by atoms with Gasteiger partial charge in [0, 0.05) is 11.6 Å².